The number of carbonyl (C=O) groups excluding carboxylic acids is 3. The number of ketones is 3. The maximum absolute atomic E-state index is 14.5. The van der Waals surface area contributed by atoms with Crippen LogP contribution in [0.4, 0.5) is 0 Å². The first-order valence-corrected chi connectivity index (χ1v) is 24.2. The average Bonchev–Trinajstić information content (AvgIpc) is 3.32. The second-order valence-electron chi connectivity index (χ2n) is 19.2. The van der Waals surface area contributed by atoms with E-state index in [4.69, 9.17) is 52.1 Å². The molecular weight excluding hydrogens is 957 g/mol. The molecular formula is C49H72O23. The number of fused-ring (bicyclic) bond motifs is 2. The van der Waals surface area contributed by atoms with Crippen molar-refractivity contribution in [3.63, 3.8) is 0 Å². The van der Waals surface area contributed by atoms with Crippen LogP contribution in [-0.2, 0) is 63.4 Å². The van der Waals surface area contributed by atoms with Gasteiger partial charge in [-0.1, -0.05) is 0 Å². The first-order valence-electron chi connectivity index (χ1n) is 24.2. The third kappa shape index (κ3) is 13.1. The molecule has 0 saturated carbocycles. The van der Waals surface area contributed by atoms with Crippen LogP contribution in [-0.4, -0.2) is 207 Å². The molecule has 3 heterocycles. The molecule has 4 aliphatic rings. The summed E-state index contributed by atoms with van der Waals surface area (Å²) in [5.41, 5.74) is 0.170. The van der Waals surface area contributed by atoms with Crippen LogP contribution in [0.2, 0.25) is 0 Å². The van der Waals surface area contributed by atoms with Crippen LogP contribution in [0.5, 0.6) is 17.2 Å². The highest BCUT2D eigenvalue weighted by Gasteiger charge is 2.47. The van der Waals surface area contributed by atoms with Gasteiger partial charge < -0.3 is 98.1 Å². The van der Waals surface area contributed by atoms with Gasteiger partial charge in [0.1, 0.15) is 66.8 Å². The number of carbonyl (C=O) groups is 3. The molecule has 72 heavy (non-hydrogen) atoms. The number of rotatable bonds is 22. The molecule has 0 bridgehead atoms. The van der Waals surface area contributed by atoms with Crippen molar-refractivity contribution in [2.45, 2.75) is 198 Å². The number of phenols is 2. The first kappa shape index (κ1) is 57.7. The minimum atomic E-state index is -1.55. The molecule has 0 aromatic heterocycles. The second kappa shape index (κ2) is 24.8. The van der Waals surface area contributed by atoms with Crippen molar-refractivity contribution in [2.75, 3.05) is 27.1 Å². The molecule has 2 aromatic rings. The fraction of sp³-hybridized carbons (Fsp3) is 0.735. The molecule has 9 unspecified atom stereocenters. The van der Waals surface area contributed by atoms with E-state index in [1.165, 1.54) is 33.1 Å². The fourth-order valence-corrected chi connectivity index (χ4v) is 9.47. The summed E-state index contributed by atoms with van der Waals surface area (Å²) >= 11 is 0. The van der Waals surface area contributed by atoms with Crippen LogP contribution >= 0.6 is 0 Å². The highest BCUT2D eigenvalue weighted by atomic mass is 16.7. The van der Waals surface area contributed by atoms with Gasteiger partial charge in [-0.2, -0.15) is 0 Å². The summed E-state index contributed by atoms with van der Waals surface area (Å²) in [6, 6.07) is 3.05. The summed E-state index contributed by atoms with van der Waals surface area (Å²) in [6.07, 6.45) is -19.5. The minimum absolute atomic E-state index is 0.00607. The van der Waals surface area contributed by atoms with Crippen LogP contribution in [0, 0.1) is 12.8 Å². The van der Waals surface area contributed by atoms with Crippen LogP contribution < -0.4 is 4.74 Å². The van der Waals surface area contributed by atoms with E-state index in [0.29, 0.717) is 0 Å². The lowest BCUT2D eigenvalue weighted by Gasteiger charge is -2.42. The predicted octanol–water partition coefficient (Wildman–Crippen LogP) is 0.315. The van der Waals surface area contributed by atoms with E-state index in [1.54, 1.807) is 34.6 Å². The Hall–Kier alpha value is -3.57. The average molecular weight is 1030 g/mol. The zero-order valence-corrected chi connectivity index (χ0v) is 41.9. The predicted molar refractivity (Wildman–Crippen MR) is 247 cm³/mol. The SMILES string of the molecule is CO[C@H](C(=O)C(C)=O)[C@@H]1Cc2cc3cc(O[C@H]4CC(OC(C)OC(C)[C@@H](O)CO)[C@H](O)C(C)O4)c(C)c(O)c3c(O)c2C(=O)[C@H]1OCOC(C)[C@@H](O)CO[C@H]1CC(O[C@H]2CC(O)[C@H](O)C(C)O2)[C@@H](O)C(C)O1. The maximum atomic E-state index is 14.5. The van der Waals surface area contributed by atoms with E-state index in [9.17, 15) is 60.3 Å². The number of methoxy groups -OCH3 is 1. The fourth-order valence-electron chi connectivity index (χ4n) is 9.47. The molecule has 6 rings (SSSR count). The summed E-state index contributed by atoms with van der Waals surface area (Å²) in [7, 11) is 1.20. The van der Waals surface area contributed by atoms with Crippen LogP contribution in [0.1, 0.15) is 89.2 Å². The zero-order valence-electron chi connectivity index (χ0n) is 41.9. The van der Waals surface area contributed by atoms with Gasteiger partial charge >= 0.3 is 0 Å². The topological polar surface area (TPSA) is 335 Å². The molecule has 0 radical (unpaired) electrons. The monoisotopic (exact) mass is 1030 g/mol. The molecule has 23 heteroatoms. The highest BCUT2D eigenvalue weighted by Crippen LogP contribution is 2.47. The molecule has 23 nitrogen and oxygen atoms in total. The van der Waals surface area contributed by atoms with Crippen molar-refractivity contribution in [3.8, 4) is 17.2 Å². The van der Waals surface area contributed by atoms with E-state index < -0.39 is 165 Å². The smallest absolute Gasteiger partial charge is 0.227 e. The van der Waals surface area contributed by atoms with Crippen molar-refractivity contribution < 1.29 is 112 Å². The van der Waals surface area contributed by atoms with Gasteiger partial charge in [0.05, 0.1) is 73.0 Å². The molecule has 1 aliphatic carbocycles. The van der Waals surface area contributed by atoms with Crippen molar-refractivity contribution in [1.82, 2.24) is 0 Å². The standard InChI is InChI=1S/C49H72O23/c1-19-33(71-38-15-34(44(58)25(7)69-38)70-26(8)66-22(4)31(53)16-50)12-28-10-27-11-29(48(62-9)42(56)20(2)51)49(47(61)40(27)46(60)39(28)41(19)55)65-18-64-21(3)32(54)17-63-36-14-35(45(59)24(6)67-36)72-37-13-30(52)43(57)23(5)68-37/h10,12,21-26,29-32,34-38,43-45,48-50,52-55,57-60H,11,13-18H2,1-9H3/t21?,22?,23?,24?,25?,26?,29-,30?,31-,32-,34?,35?,36+,37-,38-,43+,44+,45-,48-,49-/m0/s1. The molecule has 3 saturated heterocycles. The lowest BCUT2D eigenvalue weighted by Crippen LogP contribution is -2.53. The van der Waals surface area contributed by atoms with Gasteiger partial charge in [0.2, 0.25) is 12.1 Å². The number of aliphatic hydroxyl groups excluding tert-OH is 7. The lowest BCUT2D eigenvalue weighted by molar-refractivity contribution is -0.308. The van der Waals surface area contributed by atoms with E-state index in [1.807, 2.05) is 0 Å². The number of phenolic OH excluding ortho intramolecular Hbond substituents is 2. The number of hydrogen-bond donors (Lipinski definition) is 9. The van der Waals surface area contributed by atoms with Crippen molar-refractivity contribution in [3.05, 3.63) is 28.8 Å². The maximum Gasteiger partial charge on any atom is 0.227 e. The van der Waals surface area contributed by atoms with Crippen LogP contribution in [0.15, 0.2) is 12.1 Å². The molecule has 0 spiro atoms. The third-order valence-corrected chi connectivity index (χ3v) is 13.9. The van der Waals surface area contributed by atoms with Gasteiger partial charge in [0.15, 0.2) is 30.4 Å². The van der Waals surface area contributed by atoms with Crippen molar-refractivity contribution >= 4 is 28.1 Å². The van der Waals surface area contributed by atoms with Crippen LogP contribution in [0.25, 0.3) is 10.8 Å². The normalized spacial score (nSPS) is 33.6. The molecule has 20 atom stereocenters. The Bertz CT molecular complexity index is 2160. The molecule has 0 amide bonds. The Morgan fingerprint density at radius 1 is 0.806 bits per heavy atom. The number of Topliss-reactive ketones (excluding diaryl/α,β-unsaturated/α-hetero) is 3. The van der Waals surface area contributed by atoms with E-state index in [-0.39, 0.29) is 65.5 Å². The summed E-state index contributed by atoms with van der Waals surface area (Å²) in [5.74, 6) is -4.63. The Morgan fingerprint density at radius 3 is 2.07 bits per heavy atom. The number of hydrogen-bond acceptors (Lipinski definition) is 23. The van der Waals surface area contributed by atoms with Crippen molar-refractivity contribution in [1.29, 1.82) is 0 Å². The molecule has 2 aromatic carbocycles. The molecule has 406 valence electrons. The Balaban J connectivity index is 1.14. The Morgan fingerprint density at radius 2 is 1.43 bits per heavy atom. The third-order valence-electron chi connectivity index (χ3n) is 13.9. The van der Waals surface area contributed by atoms with Gasteiger partial charge in [-0.25, -0.2) is 0 Å². The number of aliphatic hydroxyl groups is 7. The van der Waals surface area contributed by atoms with E-state index in [2.05, 4.69) is 0 Å². The number of ether oxygens (including phenoxy) is 11. The molecule has 3 fully saturated rings. The lowest BCUT2D eigenvalue weighted by atomic mass is 9.75. The van der Waals surface area contributed by atoms with E-state index in [0.717, 1.165) is 6.92 Å². The van der Waals surface area contributed by atoms with Gasteiger partial charge in [-0.3, -0.25) is 14.4 Å². The van der Waals surface area contributed by atoms with Crippen molar-refractivity contribution in [2.24, 2.45) is 5.92 Å². The van der Waals surface area contributed by atoms with Crippen LogP contribution in [0.3, 0.4) is 0 Å². The van der Waals surface area contributed by atoms with E-state index >= 15 is 0 Å². The molecule has 9 N–H and O–H groups in total. The Kier molecular flexibility index (Phi) is 19.9. The number of benzene rings is 2. The van der Waals surface area contributed by atoms with Gasteiger partial charge in [0, 0.05) is 44.8 Å². The summed E-state index contributed by atoms with van der Waals surface area (Å²) in [4.78, 5) is 40.2. The highest BCUT2D eigenvalue weighted by molar-refractivity contribution is 6.38. The van der Waals surface area contributed by atoms with Gasteiger partial charge in [0.25, 0.3) is 0 Å². The van der Waals surface area contributed by atoms with Gasteiger partial charge in [-0.05, 0) is 78.0 Å². The summed E-state index contributed by atoms with van der Waals surface area (Å²) in [6.45, 7) is 10.5. The largest absolute Gasteiger partial charge is 0.507 e. The number of aromatic hydroxyl groups is 2. The first-order chi connectivity index (χ1) is 33.9. The quantitative estimate of drug-likeness (QED) is 0.0566. The minimum Gasteiger partial charge on any atom is -0.507 e. The Labute approximate surface area is 416 Å². The van der Waals surface area contributed by atoms with Gasteiger partial charge in [-0.15, -0.1) is 0 Å². The summed E-state index contributed by atoms with van der Waals surface area (Å²) < 4.78 is 64.3. The molecule has 3 aliphatic heterocycles. The zero-order chi connectivity index (χ0) is 53.0. The second-order valence-corrected chi connectivity index (χ2v) is 19.2. The summed E-state index contributed by atoms with van der Waals surface area (Å²) in [5, 5.41) is 95.7.